The second-order valence-electron chi connectivity index (χ2n) is 8.11. The number of carboxylic acids is 1. The third-order valence-electron chi connectivity index (χ3n) is 5.76. The molecule has 0 amide bonds. The summed E-state index contributed by atoms with van der Waals surface area (Å²) in [6.07, 6.45) is 3.88. The van der Waals surface area contributed by atoms with Crippen LogP contribution < -0.4 is 0 Å². The molecule has 0 bridgehead atoms. The van der Waals surface area contributed by atoms with Crippen LogP contribution in [0.2, 0.25) is 0 Å². The summed E-state index contributed by atoms with van der Waals surface area (Å²) < 4.78 is 7.49. The van der Waals surface area contributed by atoms with Gasteiger partial charge in [-0.3, -0.25) is 9.97 Å². The maximum Gasteiger partial charge on any atom is 0.335 e. The van der Waals surface area contributed by atoms with Crippen LogP contribution >= 0.6 is 0 Å². The van der Waals surface area contributed by atoms with Crippen molar-refractivity contribution in [3.8, 4) is 22.3 Å². The van der Waals surface area contributed by atoms with Crippen LogP contribution in [0.15, 0.2) is 65.4 Å². The standard InChI is InChI=1S/C26H22N4O3/c1-15-5-4-6-21(28-15)13-30-14-22(18-7-9-19(10-8-18)26(31)32)25-23(30)11-20(12-27-25)24-16(2)29-33-17(24)3/h4-12,14H,13H2,1-3H3,(H,31,32). The van der Waals surface area contributed by atoms with E-state index >= 15 is 0 Å². The zero-order valence-corrected chi connectivity index (χ0v) is 18.5. The molecule has 1 aromatic carbocycles. The van der Waals surface area contributed by atoms with Crippen LogP contribution in [-0.4, -0.2) is 30.8 Å². The molecule has 4 heterocycles. The quantitative estimate of drug-likeness (QED) is 0.393. The summed E-state index contributed by atoms with van der Waals surface area (Å²) >= 11 is 0. The Bertz CT molecular complexity index is 1480. The number of benzene rings is 1. The van der Waals surface area contributed by atoms with Gasteiger partial charge in [0.05, 0.1) is 34.5 Å². The number of pyridine rings is 2. The third-order valence-corrected chi connectivity index (χ3v) is 5.76. The first-order valence-electron chi connectivity index (χ1n) is 10.6. The van der Waals surface area contributed by atoms with Gasteiger partial charge in [-0.25, -0.2) is 4.79 Å². The van der Waals surface area contributed by atoms with E-state index in [1.165, 1.54) is 0 Å². The van der Waals surface area contributed by atoms with Gasteiger partial charge in [0.2, 0.25) is 0 Å². The Morgan fingerprint density at radius 1 is 1.06 bits per heavy atom. The average Bonchev–Trinajstić information content (AvgIpc) is 3.33. The Morgan fingerprint density at radius 2 is 1.85 bits per heavy atom. The summed E-state index contributed by atoms with van der Waals surface area (Å²) in [6, 6.07) is 14.9. The Hall–Kier alpha value is -4.26. The van der Waals surface area contributed by atoms with E-state index in [-0.39, 0.29) is 5.56 Å². The van der Waals surface area contributed by atoms with Gasteiger partial charge in [-0.1, -0.05) is 23.4 Å². The highest BCUT2D eigenvalue weighted by Crippen LogP contribution is 2.34. The van der Waals surface area contributed by atoms with Gasteiger partial charge in [-0.15, -0.1) is 0 Å². The lowest BCUT2D eigenvalue weighted by atomic mass is 10.0. The fourth-order valence-corrected chi connectivity index (χ4v) is 4.19. The van der Waals surface area contributed by atoms with Crippen LogP contribution in [0.4, 0.5) is 0 Å². The molecular weight excluding hydrogens is 416 g/mol. The summed E-state index contributed by atoms with van der Waals surface area (Å²) in [6.45, 7) is 6.37. The molecule has 1 N–H and O–H groups in total. The van der Waals surface area contributed by atoms with Crippen molar-refractivity contribution in [2.75, 3.05) is 0 Å². The van der Waals surface area contributed by atoms with E-state index in [0.717, 1.165) is 56.1 Å². The minimum atomic E-state index is -0.947. The predicted octanol–water partition coefficient (Wildman–Crippen LogP) is 5.43. The Morgan fingerprint density at radius 3 is 2.52 bits per heavy atom. The molecule has 0 aliphatic rings. The summed E-state index contributed by atoms with van der Waals surface area (Å²) in [5, 5.41) is 13.3. The van der Waals surface area contributed by atoms with E-state index in [9.17, 15) is 9.90 Å². The highest BCUT2D eigenvalue weighted by atomic mass is 16.5. The lowest BCUT2D eigenvalue weighted by Crippen LogP contribution is -2.01. The molecule has 0 unspecified atom stereocenters. The number of carbonyl (C=O) groups is 1. The van der Waals surface area contributed by atoms with Crippen LogP contribution in [0.25, 0.3) is 33.3 Å². The monoisotopic (exact) mass is 438 g/mol. The highest BCUT2D eigenvalue weighted by molar-refractivity contribution is 5.96. The van der Waals surface area contributed by atoms with Gasteiger partial charge in [0.1, 0.15) is 5.76 Å². The number of aromatic carboxylic acids is 1. The normalized spacial score (nSPS) is 11.2. The third kappa shape index (κ3) is 3.78. The van der Waals surface area contributed by atoms with Crippen LogP contribution in [0.1, 0.15) is 33.2 Å². The average molecular weight is 438 g/mol. The first-order valence-corrected chi connectivity index (χ1v) is 10.6. The molecule has 0 radical (unpaired) electrons. The number of hydrogen-bond acceptors (Lipinski definition) is 5. The van der Waals surface area contributed by atoms with Gasteiger partial charge in [0, 0.05) is 34.8 Å². The molecule has 0 aliphatic carbocycles. The van der Waals surface area contributed by atoms with Crippen LogP contribution in [0, 0.1) is 20.8 Å². The molecular formula is C26H22N4O3. The molecule has 5 aromatic rings. The van der Waals surface area contributed by atoms with E-state index in [1.54, 1.807) is 12.1 Å². The minimum Gasteiger partial charge on any atom is -0.478 e. The molecule has 0 saturated carbocycles. The lowest BCUT2D eigenvalue weighted by Gasteiger charge is -2.07. The SMILES string of the molecule is Cc1cccc(Cn2cc(-c3ccc(C(=O)O)cc3)c3ncc(-c4c(C)noc4C)cc32)n1. The van der Waals surface area contributed by atoms with E-state index < -0.39 is 5.97 Å². The van der Waals surface area contributed by atoms with Gasteiger partial charge >= 0.3 is 5.97 Å². The summed E-state index contributed by atoms with van der Waals surface area (Å²) in [7, 11) is 0. The fraction of sp³-hybridized carbons (Fsp3) is 0.154. The summed E-state index contributed by atoms with van der Waals surface area (Å²) in [5.74, 6) is -0.201. The van der Waals surface area contributed by atoms with Gasteiger partial charge in [0.25, 0.3) is 0 Å². The molecule has 7 nitrogen and oxygen atoms in total. The van der Waals surface area contributed by atoms with Crippen molar-refractivity contribution in [3.63, 3.8) is 0 Å². The highest BCUT2D eigenvalue weighted by Gasteiger charge is 2.17. The van der Waals surface area contributed by atoms with E-state index in [4.69, 9.17) is 9.51 Å². The maximum atomic E-state index is 11.3. The maximum absolute atomic E-state index is 11.3. The zero-order chi connectivity index (χ0) is 23.1. The Balaban J connectivity index is 1.68. The van der Waals surface area contributed by atoms with Gasteiger partial charge in [0.15, 0.2) is 0 Å². The van der Waals surface area contributed by atoms with E-state index in [2.05, 4.69) is 27.0 Å². The van der Waals surface area contributed by atoms with Crippen molar-refractivity contribution in [1.82, 2.24) is 19.7 Å². The van der Waals surface area contributed by atoms with Crippen LogP contribution in [0.5, 0.6) is 0 Å². The zero-order valence-electron chi connectivity index (χ0n) is 18.5. The van der Waals surface area contributed by atoms with Crippen molar-refractivity contribution in [3.05, 3.63) is 89.3 Å². The first-order chi connectivity index (χ1) is 15.9. The van der Waals surface area contributed by atoms with E-state index in [1.807, 2.05) is 57.3 Å². The molecule has 164 valence electrons. The van der Waals surface area contributed by atoms with Gasteiger partial charge in [-0.2, -0.15) is 0 Å². The summed E-state index contributed by atoms with van der Waals surface area (Å²) in [4.78, 5) is 20.7. The molecule has 0 spiro atoms. The largest absolute Gasteiger partial charge is 0.478 e. The van der Waals surface area contributed by atoms with Crippen LogP contribution in [0.3, 0.4) is 0 Å². The van der Waals surface area contributed by atoms with Gasteiger partial charge < -0.3 is 14.2 Å². The molecule has 0 saturated heterocycles. The fourth-order valence-electron chi connectivity index (χ4n) is 4.19. The molecule has 0 aliphatic heterocycles. The number of aryl methyl sites for hydroxylation is 3. The van der Waals surface area contributed by atoms with Crippen molar-refractivity contribution in [1.29, 1.82) is 0 Å². The molecule has 5 rings (SSSR count). The molecule has 33 heavy (non-hydrogen) atoms. The minimum absolute atomic E-state index is 0.250. The number of hydrogen-bond donors (Lipinski definition) is 1. The van der Waals surface area contributed by atoms with Crippen LogP contribution in [-0.2, 0) is 6.54 Å². The van der Waals surface area contributed by atoms with Crippen molar-refractivity contribution in [2.45, 2.75) is 27.3 Å². The second-order valence-corrected chi connectivity index (χ2v) is 8.11. The van der Waals surface area contributed by atoms with Gasteiger partial charge in [-0.05, 0) is 56.7 Å². The topological polar surface area (TPSA) is 94.0 Å². The predicted molar refractivity (Wildman–Crippen MR) is 125 cm³/mol. The molecule has 4 aromatic heterocycles. The smallest absolute Gasteiger partial charge is 0.335 e. The van der Waals surface area contributed by atoms with E-state index in [0.29, 0.717) is 6.54 Å². The first kappa shape index (κ1) is 20.6. The molecule has 0 atom stereocenters. The number of nitrogens with zero attached hydrogens (tertiary/aromatic N) is 4. The number of aromatic nitrogens is 4. The molecule has 7 heteroatoms. The molecule has 0 fully saturated rings. The van der Waals surface area contributed by atoms with Crippen molar-refractivity contribution in [2.24, 2.45) is 0 Å². The lowest BCUT2D eigenvalue weighted by molar-refractivity contribution is 0.0697. The Labute approximate surface area is 190 Å². The Kier molecular flexibility index (Phi) is 5.01. The number of fused-ring (bicyclic) bond motifs is 1. The summed E-state index contributed by atoms with van der Waals surface area (Å²) in [5.41, 5.74) is 8.47. The number of carboxylic acid groups (broad SMARTS) is 1. The number of rotatable bonds is 5. The van der Waals surface area contributed by atoms with Crippen molar-refractivity contribution >= 4 is 17.0 Å². The second kappa shape index (κ2) is 8.02. The van der Waals surface area contributed by atoms with Crippen molar-refractivity contribution < 1.29 is 14.4 Å².